The molecular formula is C12H15F4NO. The first-order valence-electron chi connectivity index (χ1n) is 5.64. The molecule has 1 aromatic carbocycles. The molecule has 0 radical (unpaired) electrons. The van der Waals surface area contributed by atoms with E-state index in [9.17, 15) is 17.6 Å². The lowest BCUT2D eigenvalue weighted by Crippen LogP contribution is -2.15. The summed E-state index contributed by atoms with van der Waals surface area (Å²) in [6.45, 7) is 1.99. The molecule has 0 aliphatic rings. The first-order valence-corrected chi connectivity index (χ1v) is 5.64. The highest BCUT2D eigenvalue weighted by molar-refractivity contribution is 5.31. The van der Waals surface area contributed by atoms with Crippen LogP contribution in [-0.4, -0.2) is 19.6 Å². The summed E-state index contributed by atoms with van der Waals surface area (Å²) in [5.41, 5.74) is 0.405. The van der Waals surface area contributed by atoms with E-state index >= 15 is 0 Å². The molecule has 0 aliphatic heterocycles. The monoisotopic (exact) mass is 265 g/mol. The van der Waals surface area contributed by atoms with Gasteiger partial charge >= 0.3 is 0 Å². The van der Waals surface area contributed by atoms with E-state index in [1.165, 1.54) is 0 Å². The van der Waals surface area contributed by atoms with Gasteiger partial charge in [0.25, 0.3) is 6.43 Å². The predicted octanol–water partition coefficient (Wildman–Crippen LogP) is 3.11. The van der Waals surface area contributed by atoms with Crippen molar-refractivity contribution in [2.24, 2.45) is 0 Å². The molecule has 0 saturated carbocycles. The van der Waals surface area contributed by atoms with Crippen LogP contribution < -0.4 is 10.1 Å². The van der Waals surface area contributed by atoms with Gasteiger partial charge in [-0.3, -0.25) is 0 Å². The zero-order valence-electron chi connectivity index (χ0n) is 9.98. The maximum absolute atomic E-state index is 13.4. The maximum atomic E-state index is 13.4. The summed E-state index contributed by atoms with van der Waals surface area (Å²) in [4.78, 5) is 0. The first kappa shape index (κ1) is 14.8. The maximum Gasteiger partial charge on any atom is 0.272 e. The van der Waals surface area contributed by atoms with Gasteiger partial charge in [-0.25, -0.2) is 17.6 Å². The summed E-state index contributed by atoms with van der Waals surface area (Å²) in [6, 6.07) is 2.15. The Labute approximate surface area is 103 Å². The minimum atomic E-state index is -2.77. The standard InChI is InChI=1S/C12H15F4NO/c1-2-3-17-6-8-4-9(13)12(10(14)5-8)18-7-11(15)16/h4-5,11,17H,2-3,6-7H2,1H3. The van der Waals surface area contributed by atoms with Crippen molar-refractivity contribution in [1.29, 1.82) is 0 Å². The zero-order chi connectivity index (χ0) is 13.5. The normalized spacial score (nSPS) is 11.0. The largest absolute Gasteiger partial charge is 0.482 e. The zero-order valence-corrected chi connectivity index (χ0v) is 9.98. The molecule has 0 fully saturated rings. The number of alkyl halides is 2. The van der Waals surface area contributed by atoms with Crippen LogP contribution >= 0.6 is 0 Å². The number of hydrogen-bond donors (Lipinski definition) is 1. The quantitative estimate of drug-likeness (QED) is 0.604. The fourth-order valence-corrected chi connectivity index (χ4v) is 1.41. The summed E-state index contributed by atoms with van der Waals surface area (Å²) in [6.07, 6.45) is -1.87. The Bertz CT molecular complexity index is 361. The molecular weight excluding hydrogens is 250 g/mol. The van der Waals surface area contributed by atoms with E-state index in [1.807, 2.05) is 6.92 Å². The van der Waals surface area contributed by atoms with Crippen molar-refractivity contribution in [2.75, 3.05) is 13.2 Å². The van der Waals surface area contributed by atoms with Crippen LogP contribution in [0.4, 0.5) is 17.6 Å². The van der Waals surface area contributed by atoms with E-state index in [4.69, 9.17) is 0 Å². The number of rotatable bonds is 7. The Morgan fingerprint density at radius 3 is 2.33 bits per heavy atom. The number of benzene rings is 1. The fraction of sp³-hybridized carbons (Fsp3) is 0.500. The van der Waals surface area contributed by atoms with Gasteiger partial charge in [0, 0.05) is 6.54 Å². The number of nitrogens with one attached hydrogen (secondary N) is 1. The van der Waals surface area contributed by atoms with Crippen molar-refractivity contribution in [1.82, 2.24) is 5.32 Å². The van der Waals surface area contributed by atoms with Gasteiger partial charge in [-0.2, -0.15) is 0 Å². The molecule has 18 heavy (non-hydrogen) atoms. The van der Waals surface area contributed by atoms with Gasteiger partial charge in [-0.05, 0) is 30.7 Å². The second-order valence-corrected chi connectivity index (χ2v) is 3.77. The molecule has 0 bridgehead atoms. The minimum Gasteiger partial charge on any atom is -0.482 e. The molecule has 1 aromatic rings. The third-order valence-electron chi connectivity index (χ3n) is 2.17. The first-order chi connectivity index (χ1) is 8.54. The van der Waals surface area contributed by atoms with E-state index in [2.05, 4.69) is 10.1 Å². The van der Waals surface area contributed by atoms with Crippen molar-refractivity contribution in [3.8, 4) is 5.75 Å². The lowest BCUT2D eigenvalue weighted by atomic mass is 10.2. The molecule has 0 unspecified atom stereocenters. The molecule has 0 amide bonds. The number of halogens is 4. The molecule has 0 atom stereocenters. The second kappa shape index (κ2) is 7.20. The van der Waals surface area contributed by atoms with Gasteiger partial charge in [-0.1, -0.05) is 6.92 Å². The summed E-state index contributed by atoms with van der Waals surface area (Å²) >= 11 is 0. The van der Waals surface area contributed by atoms with Crippen LogP contribution in [0.3, 0.4) is 0 Å². The molecule has 2 nitrogen and oxygen atoms in total. The van der Waals surface area contributed by atoms with Crippen molar-refractivity contribution in [3.63, 3.8) is 0 Å². The average Bonchev–Trinajstić information content (AvgIpc) is 2.28. The highest BCUT2D eigenvalue weighted by Crippen LogP contribution is 2.23. The van der Waals surface area contributed by atoms with Crippen molar-refractivity contribution < 1.29 is 22.3 Å². The minimum absolute atomic E-state index is 0.316. The summed E-state index contributed by atoms with van der Waals surface area (Å²) in [7, 11) is 0. The van der Waals surface area contributed by atoms with Gasteiger partial charge < -0.3 is 10.1 Å². The molecule has 1 N–H and O–H groups in total. The van der Waals surface area contributed by atoms with Crippen LogP contribution in [0.1, 0.15) is 18.9 Å². The van der Waals surface area contributed by atoms with Gasteiger partial charge in [-0.15, -0.1) is 0 Å². The Hall–Kier alpha value is -1.30. The molecule has 6 heteroatoms. The van der Waals surface area contributed by atoms with Crippen LogP contribution in [0.5, 0.6) is 5.75 Å². The van der Waals surface area contributed by atoms with Gasteiger partial charge in [0.2, 0.25) is 0 Å². The third-order valence-corrected chi connectivity index (χ3v) is 2.17. The van der Waals surface area contributed by atoms with Crippen LogP contribution in [0.15, 0.2) is 12.1 Å². The smallest absolute Gasteiger partial charge is 0.272 e. The predicted molar refractivity (Wildman–Crippen MR) is 59.9 cm³/mol. The van der Waals surface area contributed by atoms with Crippen molar-refractivity contribution in [3.05, 3.63) is 29.3 Å². The van der Waals surface area contributed by atoms with Gasteiger partial charge in [0.15, 0.2) is 17.4 Å². The third kappa shape index (κ3) is 4.52. The Morgan fingerprint density at radius 1 is 1.22 bits per heavy atom. The molecule has 0 aromatic heterocycles. The fourth-order valence-electron chi connectivity index (χ4n) is 1.41. The Balaban J connectivity index is 2.71. The number of ether oxygens (including phenoxy) is 1. The molecule has 1 rings (SSSR count). The van der Waals surface area contributed by atoms with E-state index in [1.54, 1.807) is 0 Å². The molecule has 102 valence electrons. The molecule has 0 aliphatic carbocycles. The van der Waals surface area contributed by atoms with E-state index in [0.717, 1.165) is 25.1 Å². The summed E-state index contributed by atoms with van der Waals surface area (Å²) in [5.74, 6) is -2.69. The molecule has 0 heterocycles. The van der Waals surface area contributed by atoms with Gasteiger partial charge in [0.1, 0.15) is 6.61 Å². The SMILES string of the molecule is CCCNCc1cc(F)c(OCC(F)F)c(F)c1. The second-order valence-electron chi connectivity index (χ2n) is 3.77. The highest BCUT2D eigenvalue weighted by atomic mass is 19.3. The van der Waals surface area contributed by atoms with Crippen LogP contribution in [0.25, 0.3) is 0 Å². The van der Waals surface area contributed by atoms with Crippen LogP contribution in [0, 0.1) is 11.6 Å². The highest BCUT2D eigenvalue weighted by Gasteiger charge is 2.14. The number of hydrogen-bond acceptors (Lipinski definition) is 2. The van der Waals surface area contributed by atoms with Gasteiger partial charge in [0.05, 0.1) is 0 Å². The topological polar surface area (TPSA) is 21.3 Å². The lowest BCUT2D eigenvalue weighted by molar-refractivity contribution is 0.0777. The van der Waals surface area contributed by atoms with E-state index in [0.29, 0.717) is 12.1 Å². The molecule has 0 saturated heterocycles. The Morgan fingerprint density at radius 2 is 1.83 bits per heavy atom. The molecule has 0 spiro atoms. The van der Waals surface area contributed by atoms with Crippen LogP contribution in [-0.2, 0) is 6.54 Å². The van der Waals surface area contributed by atoms with E-state index < -0.39 is 30.4 Å². The summed E-state index contributed by atoms with van der Waals surface area (Å²) in [5, 5.41) is 2.98. The average molecular weight is 265 g/mol. The van der Waals surface area contributed by atoms with Crippen LogP contribution in [0.2, 0.25) is 0 Å². The van der Waals surface area contributed by atoms with Crippen molar-refractivity contribution >= 4 is 0 Å². The van der Waals surface area contributed by atoms with Crippen molar-refractivity contribution in [2.45, 2.75) is 26.3 Å². The summed E-state index contributed by atoms with van der Waals surface area (Å²) < 4.78 is 55.0. The lowest BCUT2D eigenvalue weighted by Gasteiger charge is -2.10. The Kier molecular flexibility index (Phi) is 5.91. The van der Waals surface area contributed by atoms with E-state index in [-0.39, 0.29) is 0 Å².